The van der Waals surface area contributed by atoms with E-state index in [4.69, 9.17) is 28.3 Å². The van der Waals surface area contributed by atoms with Crippen LogP contribution in [-0.2, 0) is 17.8 Å². The van der Waals surface area contributed by atoms with E-state index in [2.05, 4.69) is 15.5 Å². The number of rotatable bonds is 6. The van der Waals surface area contributed by atoms with E-state index in [1.165, 1.54) is 0 Å². The minimum absolute atomic E-state index is 0.0894. The first-order valence-corrected chi connectivity index (χ1v) is 6.72. The number of carbonyl (C=O) groups is 1. The van der Waals surface area contributed by atoms with Gasteiger partial charge in [0.1, 0.15) is 0 Å². The fourth-order valence-corrected chi connectivity index (χ4v) is 2.06. The van der Waals surface area contributed by atoms with Crippen LogP contribution in [-0.4, -0.2) is 31.3 Å². The summed E-state index contributed by atoms with van der Waals surface area (Å²) >= 11 is 11.8. The van der Waals surface area contributed by atoms with Crippen molar-refractivity contribution in [2.45, 2.75) is 25.8 Å². The van der Waals surface area contributed by atoms with Gasteiger partial charge in [-0.25, -0.2) is 4.68 Å². The molecule has 0 unspecified atom stereocenters. The first-order chi connectivity index (χ1) is 9.56. The van der Waals surface area contributed by atoms with Crippen molar-refractivity contribution in [3.05, 3.63) is 39.6 Å². The molecule has 0 radical (unpaired) electrons. The second kappa shape index (κ2) is 6.67. The van der Waals surface area contributed by atoms with Crippen LogP contribution < -0.4 is 0 Å². The van der Waals surface area contributed by atoms with Gasteiger partial charge in [-0.1, -0.05) is 29.3 Å². The van der Waals surface area contributed by atoms with Gasteiger partial charge in [0.2, 0.25) is 0 Å². The molecule has 2 rings (SSSR count). The Morgan fingerprint density at radius 2 is 2.10 bits per heavy atom. The second-order valence-electron chi connectivity index (χ2n) is 4.24. The second-order valence-corrected chi connectivity index (χ2v) is 5.06. The summed E-state index contributed by atoms with van der Waals surface area (Å²) in [5, 5.41) is 21.0. The number of carboxylic acids is 1. The Morgan fingerprint density at radius 3 is 2.80 bits per heavy atom. The standard InChI is InChI=1S/C12H12Cl2N4O2/c13-9-4-3-8(6-10(9)14)7-11-15-16-17-18(11)5-1-2-12(19)20/h3-4,6H,1-2,5,7H2,(H,19,20). The number of aryl methyl sites for hydroxylation is 1. The summed E-state index contributed by atoms with van der Waals surface area (Å²) in [6, 6.07) is 5.34. The highest BCUT2D eigenvalue weighted by atomic mass is 35.5. The minimum atomic E-state index is -0.830. The SMILES string of the molecule is O=C(O)CCCn1nnnc1Cc1ccc(Cl)c(Cl)c1. The van der Waals surface area contributed by atoms with Gasteiger partial charge in [-0.15, -0.1) is 5.10 Å². The third-order valence-corrected chi connectivity index (χ3v) is 3.45. The highest BCUT2D eigenvalue weighted by Crippen LogP contribution is 2.23. The van der Waals surface area contributed by atoms with Gasteiger partial charge >= 0.3 is 5.97 Å². The van der Waals surface area contributed by atoms with Gasteiger partial charge in [0.05, 0.1) is 10.0 Å². The Kier molecular flexibility index (Phi) is 4.92. The van der Waals surface area contributed by atoms with Crippen LogP contribution in [0.5, 0.6) is 0 Å². The molecule has 0 amide bonds. The molecular weight excluding hydrogens is 303 g/mol. The zero-order valence-corrected chi connectivity index (χ0v) is 12.0. The van der Waals surface area contributed by atoms with E-state index in [1.807, 2.05) is 6.07 Å². The molecule has 0 aliphatic rings. The Labute approximate surface area is 125 Å². The molecule has 8 heteroatoms. The van der Waals surface area contributed by atoms with Crippen LogP contribution in [0.4, 0.5) is 0 Å². The maximum absolute atomic E-state index is 10.5. The normalized spacial score (nSPS) is 10.7. The Morgan fingerprint density at radius 1 is 1.30 bits per heavy atom. The van der Waals surface area contributed by atoms with Crippen molar-refractivity contribution >= 4 is 29.2 Å². The summed E-state index contributed by atoms with van der Waals surface area (Å²) < 4.78 is 1.60. The molecule has 6 nitrogen and oxygen atoms in total. The number of aromatic nitrogens is 4. The minimum Gasteiger partial charge on any atom is -0.481 e. The van der Waals surface area contributed by atoms with Crippen molar-refractivity contribution in [1.29, 1.82) is 0 Å². The molecule has 0 fully saturated rings. The molecule has 0 saturated heterocycles. The summed E-state index contributed by atoms with van der Waals surface area (Å²) in [4.78, 5) is 10.5. The van der Waals surface area contributed by atoms with Crippen molar-refractivity contribution in [2.24, 2.45) is 0 Å². The average molecular weight is 315 g/mol. The Balaban J connectivity index is 2.04. The van der Waals surface area contributed by atoms with Gasteiger partial charge in [0.15, 0.2) is 5.82 Å². The largest absolute Gasteiger partial charge is 0.481 e. The molecule has 1 aromatic heterocycles. The lowest BCUT2D eigenvalue weighted by Crippen LogP contribution is -2.08. The molecule has 0 saturated carbocycles. The topological polar surface area (TPSA) is 80.9 Å². The predicted molar refractivity (Wildman–Crippen MR) is 74.0 cm³/mol. The number of hydrogen-bond donors (Lipinski definition) is 1. The predicted octanol–water partition coefficient (Wildman–Crippen LogP) is 2.44. The first-order valence-electron chi connectivity index (χ1n) is 5.97. The average Bonchev–Trinajstić information content (AvgIpc) is 2.81. The van der Waals surface area contributed by atoms with Gasteiger partial charge in [-0.05, 0) is 34.5 Å². The van der Waals surface area contributed by atoms with Crippen molar-refractivity contribution < 1.29 is 9.90 Å². The lowest BCUT2D eigenvalue weighted by atomic mass is 10.1. The number of halogens is 2. The monoisotopic (exact) mass is 314 g/mol. The highest BCUT2D eigenvalue weighted by molar-refractivity contribution is 6.42. The molecule has 0 atom stereocenters. The third kappa shape index (κ3) is 3.91. The van der Waals surface area contributed by atoms with Gasteiger partial charge in [-0.2, -0.15) is 0 Å². The summed E-state index contributed by atoms with van der Waals surface area (Å²) in [6.45, 7) is 0.468. The third-order valence-electron chi connectivity index (χ3n) is 2.71. The molecule has 0 aliphatic heterocycles. The van der Waals surface area contributed by atoms with Crippen LogP contribution in [0.1, 0.15) is 24.2 Å². The molecule has 1 N–H and O–H groups in total. The number of tetrazole rings is 1. The number of hydrogen-bond acceptors (Lipinski definition) is 4. The van der Waals surface area contributed by atoms with Crippen LogP contribution in [0.2, 0.25) is 10.0 Å². The van der Waals surface area contributed by atoms with E-state index in [-0.39, 0.29) is 6.42 Å². The van der Waals surface area contributed by atoms with Gasteiger partial charge in [0, 0.05) is 19.4 Å². The molecular formula is C12H12Cl2N4O2. The van der Waals surface area contributed by atoms with Gasteiger partial charge in [-0.3, -0.25) is 4.79 Å². The number of benzene rings is 1. The van der Waals surface area contributed by atoms with Crippen molar-refractivity contribution in [3.63, 3.8) is 0 Å². The van der Waals surface area contributed by atoms with Crippen LogP contribution in [0.15, 0.2) is 18.2 Å². The van der Waals surface area contributed by atoms with E-state index >= 15 is 0 Å². The number of aliphatic carboxylic acids is 1. The molecule has 20 heavy (non-hydrogen) atoms. The fourth-order valence-electron chi connectivity index (χ4n) is 1.74. The Bertz CT molecular complexity index is 615. The summed E-state index contributed by atoms with van der Waals surface area (Å²) in [5.74, 6) is -0.169. The van der Waals surface area contributed by atoms with Crippen LogP contribution in [0, 0.1) is 0 Å². The summed E-state index contributed by atoms with van der Waals surface area (Å²) in [5.41, 5.74) is 0.939. The first kappa shape index (κ1) is 14.7. The molecule has 106 valence electrons. The summed E-state index contributed by atoms with van der Waals surface area (Å²) in [7, 11) is 0. The van der Waals surface area contributed by atoms with Crippen LogP contribution in [0.3, 0.4) is 0 Å². The van der Waals surface area contributed by atoms with E-state index in [1.54, 1.807) is 16.8 Å². The summed E-state index contributed by atoms with van der Waals surface area (Å²) in [6.07, 6.45) is 1.08. The van der Waals surface area contributed by atoms with Gasteiger partial charge in [0.25, 0.3) is 0 Å². The van der Waals surface area contributed by atoms with E-state index < -0.39 is 5.97 Å². The van der Waals surface area contributed by atoms with Gasteiger partial charge < -0.3 is 5.11 Å². The molecule has 2 aromatic rings. The zero-order valence-electron chi connectivity index (χ0n) is 10.5. The lowest BCUT2D eigenvalue weighted by molar-refractivity contribution is -0.137. The Hall–Kier alpha value is -1.66. The highest BCUT2D eigenvalue weighted by Gasteiger charge is 2.09. The van der Waals surface area contributed by atoms with Crippen LogP contribution in [0.25, 0.3) is 0 Å². The van der Waals surface area contributed by atoms with E-state index in [9.17, 15) is 4.79 Å². The molecule has 0 aliphatic carbocycles. The quantitative estimate of drug-likeness (QED) is 0.885. The van der Waals surface area contributed by atoms with Crippen molar-refractivity contribution in [1.82, 2.24) is 20.2 Å². The fraction of sp³-hybridized carbons (Fsp3) is 0.333. The van der Waals surface area contributed by atoms with E-state index in [0.29, 0.717) is 35.3 Å². The smallest absolute Gasteiger partial charge is 0.303 e. The number of carboxylic acid groups (broad SMARTS) is 1. The van der Waals surface area contributed by atoms with Crippen LogP contribution >= 0.6 is 23.2 Å². The van der Waals surface area contributed by atoms with Crippen molar-refractivity contribution in [2.75, 3.05) is 0 Å². The molecule has 0 spiro atoms. The lowest BCUT2D eigenvalue weighted by Gasteiger charge is -2.05. The maximum Gasteiger partial charge on any atom is 0.303 e. The maximum atomic E-state index is 10.5. The molecule has 0 bridgehead atoms. The zero-order chi connectivity index (χ0) is 14.5. The van der Waals surface area contributed by atoms with E-state index in [0.717, 1.165) is 5.56 Å². The number of nitrogens with zero attached hydrogens (tertiary/aromatic N) is 4. The molecule has 1 heterocycles. The van der Waals surface area contributed by atoms with Crippen molar-refractivity contribution in [3.8, 4) is 0 Å². The molecule has 1 aromatic carbocycles.